The molecule has 2 aromatic rings. The Morgan fingerprint density at radius 2 is 1.73 bits per heavy atom. The number of thiocarbonyl (C=S) groups is 1. The molecule has 0 aliphatic rings. The zero-order chi connectivity index (χ0) is 16.1. The van der Waals surface area contributed by atoms with Crippen LogP contribution in [-0.4, -0.2) is 18.2 Å². The van der Waals surface area contributed by atoms with Crippen molar-refractivity contribution in [2.24, 2.45) is 0 Å². The Bertz CT molecular complexity index is 714. The quantitative estimate of drug-likeness (QED) is 0.665. The van der Waals surface area contributed by atoms with Crippen LogP contribution >= 0.6 is 12.2 Å². The third kappa shape index (κ3) is 3.83. The first-order valence-corrected chi connectivity index (χ1v) is 7.24. The second-order valence-electron chi connectivity index (χ2n) is 4.93. The van der Waals surface area contributed by atoms with E-state index in [0.29, 0.717) is 16.4 Å². The van der Waals surface area contributed by atoms with Gasteiger partial charge in [0.15, 0.2) is 5.11 Å². The van der Waals surface area contributed by atoms with Crippen molar-refractivity contribution < 1.29 is 9.53 Å². The third-order valence-corrected chi connectivity index (χ3v) is 3.43. The number of esters is 1. The Balaban J connectivity index is 2.16. The number of methoxy groups -OCH3 is 1. The van der Waals surface area contributed by atoms with Gasteiger partial charge < -0.3 is 15.4 Å². The molecule has 4 nitrogen and oxygen atoms in total. The number of carbonyl (C=O) groups is 1. The first-order chi connectivity index (χ1) is 10.5. The van der Waals surface area contributed by atoms with Gasteiger partial charge in [0.05, 0.1) is 18.4 Å². The lowest BCUT2D eigenvalue weighted by molar-refractivity contribution is 0.0602. The van der Waals surface area contributed by atoms with Crippen molar-refractivity contribution >= 4 is 34.7 Å². The molecule has 5 heteroatoms. The first kappa shape index (κ1) is 16.0. The van der Waals surface area contributed by atoms with Crippen LogP contribution < -0.4 is 10.6 Å². The molecule has 2 N–H and O–H groups in total. The van der Waals surface area contributed by atoms with E-state index in [4.69, 9.17) is 17.0 Å². The molecule has 2 aromatic carbocycles. The van der Waals surface area contributed by atoms with Crippen LogP contribution in [0, 0.1) is 13.8 Å². The molecular formula is C17H18N2O2S. The van der Waals surface area contributed by atoms with Crippen molar-refractivity contribution in [3.05, 3.63) is 59.2 Å². The van der Waals surface area contributed by atoms with Crippen molar-refractivity contribution in [1.29, 1.82) is 0 Å². The molecule has 0 saturated carbocycles. The fourth-order valence-electron chi connectivity index (χ4n) is 2.03. The van der Waals surface area contributed by atoms with Gasteiger partial charge in [0, 0.05) is 5.69 Å². The summed E-state index contributed by atoms with van der Waals surface area (Å²) in [4.78, 5) is 11.7. The van der Waals surface area contributed by atoms with E-state index >= 15 is 0 Å². The SMILES string of the molecule is COC(=O)c1ccccc1NC(=S)Nc1cc(C)ccc1C. The van der Waals surface area contributed by atoms with Gasteiger partial charge in [-0.1, -0.05) is 24.3 Å². The van der Waals surface area contributed by atoms with Crippen molar-refractivity contribution in [3.8, 4) is 0 Å². The maximum Gasteiger partial charge on any atom is 0.339 e. The molecule has 0 heterocycles. The monoisotopic (exact) mass is 314 g/mol. The van der Waals surface area contributed by atoms with E-state index in [9.17, 15) is 4.79 Å². The minimum absolute atomic E-state index is 0.405. The zero-order valence-corrected chi connectivity index (χ0v) is 13.6. The van der Waals surface area contributed by atoms with Crippen LogP contribution in [0.4, 0.5) is 11.4 Å². The van der Waals surface area contributed by atoms with Crippen LogP contribution in [0.3, 0.4) is 0 Å². The van der Waals surface area contributed by atoms with Gasteiger partial charge in [-0.3, -0.25) is 0 Å². The van der Waals surface area contributed by atoms with Crippen LogP contribution in [0.5, 0.6) is 0 Å². The van der Waals surface area contributed by atoms with E-state index in [1.54, 1.807) is 18.2 Å². The minimum atomic E-state index is -0.405. The second kappa shape index (κ2) is 7.04. The van der Waals surface area contributed by atoms with E-state index in [1.807, 2.05) is 38.1 Å². The van der Waals surface area contributed by atoms with Crippen LogP contribution in [0.1, 0.15) is 21.5 Å². The Morgan fingerprint density at radius 1 is 1.05 bits per heavy atom. The zero-order valence-electron chi connectivity index (χ0n) is 12.8. The molecule has 0 aliphatic carbocycles. The van der Waals surface area contributed by atoms with E-state index in [0.717, 1.165) is 16.8 Å². The molecule has 0 aromatic heterocycles. The maximum absolute atomic E-state index is 11.7. The highest BCUT2D eigenvalue weighted by Crippen LogP contribution is 2.19. The average molecular weight is 314 g/mol. The van der Waals surface area contributed by atoms with Crippen molar-refractivity contribution in [1.82, 2.24) is 0 Å². The Hall–Kier alpha value is -2.40. The number of nitrogens with one attached hydrogen (secondary N) is 2. The number of anilines is 2. The van der Waals surface area contributed by atoms with E-state index in [-0.39, 0.29) is 0 Å². The second-order valence-corrected chi connectivity index (χ2v) is 5.34. The van der Waals surface area contributed by atoms with E-state index in [2.05, 4.69) is 10.6 Å². The molecule has 114 valence electrons. The summed E-state index contributed by atoms with van der Waals surface area (Å²) in [6, 6.07) is 13.2. The summed E-state index contributed by atoms with van der Waals surface area (Å²) in [5.74, 6) is -0.405. The molecule has 22 heavy (non-hydrogen) atoms. The summed E-state index contributed by atoms with van der Waals surface area (Å²) in [5, 5.41) is 6.61. The molecule has 0 bridgehead atoms. The third-order valence-electron chi connectivity index (χ3n) is 3.22. The van der Waals surface area contributed by atoms with Gasteiger partial charge in [0.1, 0.15) is 0 Å². The summed E-state index contributed by atoms with van der Waals surface area (Å²) < 4.78 is 4.77. The number of ether oxygens (including phenoxy) is 1. The summed E-state index contributed by atoms with van der Waals surface area (Å²) >= 11 is 5.33. The first-order valence-electron chi connectivity index (χ1n) is 6.84. The minimum Gasteiger partial charge on any atom is -0.465 e. The van der Waals surface area contributed by atoms with Gasteiger partial charge in [-0.25, -0.2) is 4.79 Å². The molecule has 0 saturated heterocycles. The number of benzene rings is 2. The Kier molecular flexibility index (Phi) is 5.12. The van der Waals surface area contributed by atoms with Crippen molar-refractivity contribution in [2.45, 2.75) is 13.8 Å². The highest BCUT2D eigenvalue weighted by atomic mass is 32.1. The number of para-hydroxylation sites is 1. The number of hydrogen-bond donors (Lipinski definition) is 2. The largest absolute Gasteiger partial charge is 0.465 e. The average Bonchev–Trinajstić information content (AvgIpc) is 2.50. The Morgan fingerprint density at radius 3 is 2.45 bits per heavy atom. The van der Waals surface area contributed by atoms with Crippen molar-refractivity contribution in [3.63, 3.8) is 0 Å². The van der Waals surface area contributed by atoms with E-state index in [1.165, 1.54) is 7.11 Å². The highest BCUT2D eigenvalue weighted by molar-refractivity contribution is 7.80. The van der Waals surface area contributed by atoms with Crippen LogP contribution in [-0.2, 0) is 4.74 Å². The molecule has 0 amide bonds. The number of carbonyl (C=O) groups excluding carboxylic acids is 1. The standard InChI is InChI=1S/C17H18N2O2S/c1-11-8-9-12(2)15(10-11)19-17(22)18-14-7-5-4-6-13(14)16(20)21-3/h4-10H,1-3H3,(H2,18,19,22). The fraction of sp³-hybridized carbons (Fsp3) is 0.176. The number of aryl methyl sites for hydroxylation is 2. The predicted octanol–water partition coefficient (Wildman–Crippen LogP) is 3.90. The molecule has 0 fully saturated rings. The smallest absolute Gasteiger partial charge is 0.339 e. The van der Waals surface area contributed by atoms with Crippen LogP contribution in [0.2, 0.25) is 0 Å². The molecule has 0 atom stereocenters. The van der Waals surface area contributed by atoms with E-state index < -0.39 is 5.97 Å². The topological polar surface area (TPSA) is 50.4 Å². The van der Waals surface area contributed by atoms with Crippen molar-refractivity contribution in [2.75, 3.05) is 17.7 Å². The van der Waals surface area contributed by atoms with Gasteiger partial charge in [0.25, 0.3) is 0 Å². The number of rotatable bonds is 3. The van der Waals surface area contributed by atoms with Crippen LogP contribution in [0.15, 0.2) is 42.5 Å². The molecule has 0 radical (unpaired) electrons. The molecule has 0 aliphatic heterocycles. The molecular weight excluding hydrogens is 296 g/mol. The summed E-state index contributed by atoms with van der Waals surface area (Å²) in [6.07, 6.45) is 0. The van der Waals surface area contributed by atoms with Gasteiger partial charge >= 0.3 is 5.97 Å². The highest BCUT2D eigenvalue weighted by Gasteiger charge is 2.12. The predicted molar refractivity (Wildman–Crippen MR) is 93.5 cm³/mol. The molecule has 0 spiro atoms. The Labute approximate surface area is 135 Å². The lowest BCUT2D eigenvalue weighted by Crippen LogP contribution is -2.21. The van der Waals surface area contributed by atoms with Gasteiger partial charge in [0.2, 0.25) is 0 Å². The maximum atomic E-state index is 11.7. The van der Waals surface area contributed by atoms with Gasteiger partial charge in [-0.05, 0) is 55.4 Å². The summed E-state index contributed by atoms with van der Waals surface area (Å²) in [5.41, 5.74) is 4.22. The summed E-state index contributed by atoms with van der Waals surface area (Å²) in [7, 11) is 1.35. The fourth-order valence-corrected chi connectivity index (χ4v) is 2.25. The van der Waals surface area contributed by atoms with Crippen LogP contribution in [0.25, 0.3) is 0 Å². The lowest BCUT2D eigenvalue weighted by atomic mass is 10.1. The lowest BCUT2D eigenvalue weighted by Gasteiger charge is -2.15. The van der Waals surface area contributed by atoms with Gasteiger partial charge in [-0.15, -0.1) is 0 Å². The van der Waals surface area contributed by atoms with Gasteiger partial charge in [-0.2, -0.15) is 0 Å². The molecule has 2 rings (SSSR count). The normalized spacial score (nSPS) is 9.95. The summed E-state index contributed by atoms with van der Waals surface area (Å²) in [6.45, 7) is 4.03. The number of hydrogen-bond acceptors (Lipinski definition) is 3. The molecule has 0 unspecified atom stereocenters.